The molecular formula is C34H35FN8O3. The number of nitrogens with zero attached hydrogens (tertiary/aromatic N) is 5. The van der Waals surface area contributed by atoms with Gasteiger partial charge in [0.05, 0.1) is 22.7 Å². The van der Waals surface area contributed by atoms with Crippen LogP contribution in [0, 0.1) is 17.1 Å². The summed E-state index contributed by atoms with van der Waals surface area (Å²) in [6.45, 7) is 6.03. The van der Waals surface area contributed by atoms with Gasteiger partial charge in [0.1, 0.15) is 23.4 Å². The normalized spacial score (nSPS) is 17.6. The molecular weight excluding hydrogens is 587 g/mol. The minimum absolute atomic E-state index is 0.0196. The summed E-state index contributed by atoms with van der Waals surface area (Å²) in [5, 5.41) is 18.9. The molecule has 4 aromatic rings. The van der Waals surface area contributed by atoms with E-state index in [-0.39, 0.29) is 30.3 Å². The monoisotopic (exact) mass is 622 g/mol. The molecule has 2 saturated heterocycles. The lowest BCUT2D eigenvalue weighted by molar-refractivity contribution is -0.134. The molecule has 3 amide bonds. The molecule has 5 heterocycles. The highest BCUT2D eigenvalue weighted by Gasteiger charge is 2.30. The molecule has 11 nitrogen and oxygen atoms in total. The fourth-order valence-corrected chi connectivity index (χ4v) is 6.16. The first-order chi connectivity index (χ1) is 22.2. The third-order valence-corrected chi connectivity index (χ3v) is 8.49. The van der Waals surface area contributed by atoms with Crippen molar-refractivity contribution in [3.05, 3.63) is 83.1 Å². The van der Waals surface area contributed by atoms with Gasteiger partial charge in [-0.2, -0.15) is 5.26 Å². The van der Waals surface area contributed by atoms with Crippen LogP contribution >= 0.6 is 0 Å². The molecule has 236 valence electrons. The summed E-state index contributed by atoms with van der Waals surface area (Å²) < 4.78 is 16.8. The molecule has 1 unspecified atom stereocenters. The van der Waals surface area contributed by atoms with Crippen molar-refractivity contribution in [1.82, 2.24) is 30.1 Å². The van der Waals surface area contributed by atoms with E-state index in [1.807, 2.05) is 42.8 Å². The summed E-state index contributed by atoms with van der Waals surface area (Å²) >= 11 is 0. The number of imide groups is 1. The predicted molar refractivity (Wildman–Crippen MR) is 170 cm³/mol. The third-order valence-electron chi connectivity index (χ3n) is 8.49. The van der Waals surface area contributed by atoms with Gasteiger partial charge in [-0.05, 0) is 56.9 Å². The lowest BCUT2D eigenvalue weighted by Gasteiger charge is -2.32. The summed E-state index contributed by atoms with van der Waals surface area (Å²) in [5.41, 5.74) is 3.38. The SMILES string of the molecule is CC(C)Nc1cc(-n2ccc3cc(C#N)cnc32)ncc1C(=O)NC1CCN(Cc2ccc(C3CCC(=O)NC3=O)c(F)c2)CC1. The van der Waals surface area contributed by atoms with E-state index >= 15 is 0 Å². The minimum Gasteiger partial charge on any atom is -0.382 e. The van der Waals surface area contributed by atoms with E-state index in [0.717, 1.165) is 36.9 Å². The molecule has 6 rings (SSSR count). The van der Waals surface area contributed by atoms with Crippen molar-refractivity contribution in [2.45, 2.75) is 64.1 Å². The number of anilines is 1. The standard InChI is InChI=1S/C34H35FN8O3/c1-20(2)39-29-15-30(43-12-7-23-13-22(16-36)17-38-32(23)43)37-18-27(29)34(46)40-24-8-10-42(11-9-24)19-21-3-4-25(28(35)14-21)26-5-6-31(44)41-33(26)45/h3-4,7,12-15,17-18,20,24,26H,5-6,8-11,19H2,1-2H3,(H,37,39)(H,40,46)(H,41,44,45). The van der Waals surface area contributed by atoms with Crippen molar-refractivity contribution in [1.29, 1.82) is 5.26 Å². The molecule has 3 N–H and O–H groups in total. The molecule has 3 aromatic heterocycles. The maximum absolute atomic E-state index is 15.0. The molecule has 12 heteroatoms. The van der Waals surface area contributed by atoms with Gasteiger partial charge in [0.25, 0.3) is 5.91 Å². The van der Waals surface area contributed by atoms with Crippen molar-refractivity contribution in [3.63, 3.8) is 0 Å². The lowest BCUT2D eigenvalue weighted by atomic mass is 9.89. The van der Waals surface area contributed by atoms with E-state index in [0.29, 0.717) is 46.8 Å². The predicted octanol–water partition coefficient (Wildman–Crippen LogP) is 4.17. The number of fused-ring (bicyclic) bond motifs is 1. The van der Waals surface area contributed by atoms with Crippen molar-refractivity contribution in [2.24, 2.45) is 0 Å². The number of benzene rings is 1. The Bertz CT molecular complexity index is 1850. The van der Waals surface area contributed by atoms with Gasteiger partial charge in [-0.25, -0.2) is 14.4 Å². The van der Waals surface area contributed by atoms with Crippen LogP contribution in [0.1, 0.15) is 72.5 Å². The summed E-state index contributed by atoms with van der Waals surface area (Å²) in [7, 11) is 0. The average Bonchev–Trinajstić information content (AvgIpc) is 3.45. The Morgan fingerprint density at radius 1 is 1.11 bits per heavy atom. The van der Waals surface area contributed by atoms with Crippen molar-refractivity contribution in [3.8, 4) is 11.9 Å². The Morgan fingerprint density at radius 3 is 2.63 bits per heavy atom. The minimum atomic E-state index is -0.654. The van der Waals surface area contributed by atoms with Crippen LogP contribution in [-0.2, 0) is 16.1 Å². The zero-order valence-electron chi connectivity index (χ0n) is 25.7. The number of hydrogen-bond donors (Lipinski definition) is 3. The number of nitriles is 1. The molecule has 2 aliphatic rings. The number of carbonyl (C=O) groups excluding carboxylic acids is 3. The first-order valence-corrected chi connectivity index (χ1v) is 15.5. The highest BCUT2D eigenvalue weighted by Crippen LogP contribution is 2.28. The average molecular weight is 623 g/mol. The molecule has 0 saturated carbocycles. The summed E-state index contributed by atoms with van der Waals surface area (Å²) in [5.74, 6) is -1.47. The van der Waals surface area contributed by atoms with Gasteiger partial charge in [-0.1, -0.05) is 12.1 Å². The number of rotatable bonds is 8. The third kappa shape index (κ3) is 6.60. The van der Waals surface area contributed by atoms with Gasteiger partial charge in [-0.3, -0.25) is 29.2 Å². The first-order valence-electron chi connectivity index (χ1n) is 15.5. The first kappa shape index (κ1) is 30.9. The van der Waals surface area contributed by atoms with Crippen LogP contribution < -0.4 is 16.0 Å². The number of amides is 3. The van der Waals surface area contributed by atoms with Crippen LogP contribution in [0.25, 0.3) is 16.9 Å². The Labute approximate surface area is 265 Å². The Hall–Kier alpha value is -5.15. The summed E-state index contributed by atoms with van der Waals surface area (Å²) in [6, 6.07) is 12.6. The van der Waals surface area contributed by atoms with E-state index < -0.39 is 17.6 Å². The zero-order chi connectivity index (χ0) is 32.4. The number of hydrogen-bond acceptors (Lipinski definition) is 8. The molecule has 0 radical (unpaired) electrons. The molecule has 2 fully saturated rings. The van der Waals surface area contributed by atoms with Gasteiger partial charge in [0, 0.05) is 73.7 Å². The fraction of sp³-hybridized carbons (Fsp3) is 0.353. The van der Waals surface area contributed by atoms with Crippen molar-refractivity contribution < 1.29 is 18.8 Å². The van der Waals surface area contributed by atoms with Crippen LogP contribution in [0.4, 0.5) is 10.1 Å². The number of aromatic nitrogens is 3. The van der Waals surface area contributed by atoms with Crippen LogP contribution in [0.2, 0.25) is 0 Å². The lowest BCUT2D eigenvalue weighted by Crippen LogP contribution is -2.44. The van der Waals surface area contributed by atoms with E-state index in [1.54, 1.807) is 18.3 Å². The second-order valence-electron chi connectivity index (χ2n) is 12.2. The maximum Gasteiger partial charge on any atom is 0.255 e. The number of pyridine rings is 2. The topological polar surface area (TPSA) is 145 Å². The van der Waals surface area contributed by atoms with E-state index in [1.165, 1.54) is 12.3 Å². The second kappa shape index (κ2) is 13.1. The smallest absolute Gasteiger partial charge is 0.255 e. The Balaban J connectivity index is 1.08. The van der Waals surface area contributed by atoms with Crippen LogP contribution in [0.5, 0.6) is 0 Å². The summed E-state index contributed by atoms with van der Waals surface area (Å²) in [6.07, 6.45) is 6.94. The number of likely N-dealkylation sites (tertiary alicyclic amines) is 1. The fourth-order valence-electron chi connectivity index (χ4n) is 6.16. The van der Waals surface area contributed by atoms with Crippen LogP contribution in [-0.4, -0.2) is 62.3 Å². The van der Waals surface area contributed by atoms with Gasteiger partial charge in [-0.15, -0.1) is 0 Å². The number of carbonyl (C=O) groups is 3. The van der Waals surface area contributed by atoms with Gasteiger partial charge >= 0.3 is 0 Å². The second-order valence-corrected chi connectivity index (χ2v) is 12.2. The van der Waals surface area contributed by atoms with Crippen molar-refractivity contribution >= 4 is 34.4 Å². The van der Waals surface area contributed by atoms with Crippen LogP contribution in [0.15, 0.2) is 55.0 Å². The molecule has 0 bridgehead atoms. The van der Waals surface area contributed by atoms with E-state index in [9.17, 15) is 24.0 Å². The number of nitrogens with one attached hydrogen (secondary N) is 3. The number of piperidine rings is 2. The highest BCUT2D eigenvalue weighted by atomic mass is 19.1. The maximum atomic E-state index is 15.0. The molecule has 0 spiro atoms. The molecule has 0 aliphatic carbocycles. The Morgan fingerprint density at radius 2 is 1.91 bits per heavy atom. The quantitative estimate of drug-likeness (QED) is 0.249. The van der Waals surface area contributed by atoms with E-state index in [4.69, 9.17) is 0 Å². The van der Waals surface area contributed by atoms with E-state index in [2.05, 4.69) is 36.9 Å². The van der Waals surface area contributed by atoms with Gasteiger partial charge < -0.3 is 10.6 Å². The Kier molecular flexibility index (Phi) is 8.76. The van der Waals surface area contributed by atoms with Gasteiger partial charge in [0.2, 0.25) is 11.8 Å². The molecule has 2 aliphatic heterocycles. The largest absolute Gasteiger partial charge is 0.382 e. The number of halogens is 1. The molecule has 46 heavy (non-hydrogen) atoms. The molecule has 1 aromatic carbocycles. The zero-order valence-corrected chi connectivity index (χ0v) is 25.7. The summed E-state index contributed by atoms with van der Waals surface area (Å²) in [4.78, 5) is 48.4. The highest BCUT2D eigenvalue weighted by molar-refractivity contribution is 6.01. The van der Waals surface area contributed by atoms with Gasteiger partial charge in [0.15, 0.2) is 0 Å². The van der Waals surface area contributed by atoms with Crippen molar-refractivity contribution in [2.75, 3.05) is 18.4 Å². The molecule has 1 atom stereocenters. The van der Waals surface area contributed by atoms with Crippen LogP contribution in [0.3, 0.4) is 0 Å².